The number of benzene rings is 2. The molecule has 0 bridgehead atoms. The largest absolute Gasteiger partial charge is 0.481 e. The van der Waals surface area contributed by atoms with Gasteiger partial charge in [0.25, 0.3) is 5.91 Å². The zero-order chi connectivity index (χ0) is 16.8. The third-order valence-electron chi connectivity index (χ3n) is 3.87. The number of amides is 1. The van der Waals surface area contributed by atoms with Crippen LogP contribution in [-0.4, -0.2) is 12.0 Å². The first kappa shape index (κ1) is 17.1. The van der Waals surface area contributed by atoms with Crippen LogP contribution in [0.4, 0.5) is 5.69 Å². The zero-order valence-corrected chi connectivity index (χ0v) is 14.3. The lowest BCUT2D eigenvalue weighted by molar-refractivity contribution is -0.122. The summed E-state index contributed by atoms with van der Waals surface area (Å²) in [4.78, 5) is 12.3. The molecule has 0 unspecified atom stereocenters. The normalized spacial score (nSPS) is 12.0. The molecule has 0 radical (unpaired) electrons. The monoisotopic (exact) mass is 311 g/mol. The summed E-state index contributed by atoms with van der Waals surface area (Å²) in [6.07, 6.45) is 0.328. The van der Waals surface area contributed by atoms with Crippen LogP contribution in [-0.2, 0) is 11.2 Å². The highest BCUT2D eigenvalue weighted by Gasteiger charge is 2.16. The molecule has 2 rings (SSSR count). The second-order valence-corrected chi connectivity index (χ2v) is 5.99. The van der Waals surface area contributed by atoms with Crippen molar-refractivity contribution in [2.24, 2.45) is 0 Å². The number of para-hydroxylation sites is 1. The average Bonchev–Trinajstić information content (AvgIpc) is 2.55. The number of aryl methyl sites for hydroxylation is 1. The van der Waals surface area contributed by atoms with E-state index in [1.807, 2.05) is 48.5 Å². The lowest BCUT2D eigenvalue weighted by atomic mass is 10.0. The van der Waals surface area contributed by atoms with E-state index in [-0.39, 0.29) is 5.91 Å². The first-order valence-electron chi connectivity index (χ1n) is 8.16. The van der Waals surface area contributed by atoms with Crippen LogP contribution in [0.25, 0.3) is 0 Å². The molecule has 1 amide bonds. The van der Waals surface area contributed by atoms with E-state index < -0.39 is 6.10 Å². The summed E-state index contributed by atoms with van der Waals surface area (Å²) in [5.41, 5.74) is 3.15. The van der Waals surface area contributed by atoms with Gasteiger partial charge in [0.2, 0.25) is 0 Å². The van der Waals surface area contributed by atoms with Crippen LogP contribution < -0.4 is 10.1 Å². The molecule has 2 aromatic carbocycles. The Morgan fingerprint density at radius 3 is 2.30 bits per heavy atom. The smallest absolute Gasteiger partial charge is 0.265 e. The van der Waals surface area contributed by atoms with Crippen molar-refractivity contribution in [2.75, 3.05) is 5.32 Å². The van der Waals surface area contributed by atoms with Gasteiger partial charge in [-0.3, -0.25) is 4.79 Å². The van der Waals surface area contributed by atoms with Gasteiger partial charge in [0.05, 0.1) is 0 Å². The van der Waals surface area contributed by atoms with Crippen LogP contribution >= 0.6 is 0 Å². The maximum Gasteiger partial charge on any atom is 0.265 e. The Morgan fingerprint density at radius 2 is 1.70 bits per heavy atom. The Hall–Kier alpha value is -2.29. The lowest BCUT2D eigenvalue weighted by Gasteiger charge is -2.17. The molecule has 0 saturated carbocycles. The first-order valence-corrected chi connectivity index (χ1v) is 8.16. The summed E-state index contributed by atoms with van der Waals surface area (Å²) in [5, 5.41) is 2.90. The molecule has 0 aliphatic carbocycles. The standard InChI is InChI=1S/C20H25NO2/c1-5-16-8-6-7-9-19(16)23-15(4)20(22)21-18-12-10-17(11-13-18)14(2)3/h6-15H,5H2,1-4H3,(H,21,22)/t15-/m1/s1. The van der Waals surface area contributed by atoms with Crippen molar-refractivity contribution < 1.29 is 9.53 Å². The second-order valence-electron chi connectivity index (χ2n) is 5.99. The van der Waals surface area contributed by atoms with Crippen LogP contribution in [0.5, 0.6) is 5.75 Å². The van der Waals surface area contributed by atoms with E-state index >= 15 is 0 Å². The van der Waals surface area contributed by atoms with Crippen molar-refractivity contribution >= 4 is 11.6 Å². The fourth-order valence-corrected chi connectivity index (χ4v) is 2.35. The molecule has 0 aliphatic heterocycles. The molecular weight excluding hydrogens is 286 g/mol. The second kappa shape index (κ2) is 7.82. The quantitative estimate of drug-likeness (QED) is 0.834. The van der Waals surface area contributed by atoms with E-state index in [0.29, 0.717) is 5.92 Å². The molecule has 0 aromatic heterocycles. The van der Waals surface area contributed by atoms with E-state index in [9.17, 15) is 4.79 Å². The molecule has 23 heavy (non-hydrogen) atoms. The Kier molecular flexibility index (Phi) is 5.80. The molecule has 0 heterocycles. The van der Waals surface area contributed by atoms with Crippen molar-refractivity contribution in [3.8, 4) is 5.75 Å². The Morgan fingerprint density at radius 1 is 1.04 bits per heavy atom. The van der Waals surface area contributed by atoms with E-state index in [1.54, 1.807) is 6.92 Å². The van der Waals surface area contributed by atoms with E-state index in [0.717, 1.165) is 23.4 Å². The van der Waals surface area contributed by atoms with Crippen molar-refractivity contribution in [1.82, 2.24) is 0 Å². The number of rotatable bonds is 6. The van der Waals surface area contributed by atoms with Crippen molar-refractivity contribution in [1.29, 1.82) is 0 Å². The number of nitrogens with one attached hydrogen (secondary N) is 1. The van der Waals surface area contributed by atoms with Gasteiger partial charge in [0, 0.05) is 5.69 Å². The van der Waals surface area contributed by atoms with Crippen LogP contribution in [0.1, 0.15) is 44.7 Å². The molecule has 122 valence electrons. The van der Waals surface area contributed by atoms with Gasteiger partial charge in [0.1, 0.15) is 5.75 Å². The minimum atomic E-state index is -0.549. The Bertz CT molecular complexity index is 647. The highest BCUT2D eigenvalue weighted by atomic mass is 16.5. The first-order chi connectivity index (χ1) is 11.0. The molecule has 0 spiro atoms. The highest BCUT2D eigenvalue weighted by molar-refractivity contribution is 5.94. The van der Waals surface area contributed by atoms with Crippen LogP contribution in [0.15, 0.2) is 48.5 Å². The van der Waals surface area contributed by atoms with Crippen molar-refractivity contribution in [3.05, 3.63) is 59.7 Å². The highest BCUT2D eigenvalue weighted by Crippen LogP contribution is 2.21. The van der Waals surface area contributed by atoms with Gasteiger partial charge in [-0.1, -0.05) is 51.1 Å². The van der Waals surface area contributed by atoms with Gasteiger partial charge in [0.15, 0.2) is 6.10 Å². The van der Waals surface area contributed by atoms with E-state index in [4.69, 9.17) is 4.74 Å². The predicted octanol–water partition coefficient (Wildman–Crippen LogP) is 4.78. The number of anilines is 1. The minimum Gasteiger partial charge on any atom is -0.481 e. The summed E-state index contributed by atoms with van der Waals surface area (Å²) >= 11 is 0. The van der Waals surface area contributed by atoms with Gasteiger partial charge in [-0.2, -0.15) is 0 Å². The summed E-state index contributed by atoms with van der Waals surface area (Å²) in [6.45, 7) is 8.14. The van der Waals surface area contributed by atoms with Gasteiger partial charge in [-0.25, -0.2) is 0 Å². The Balaban J connectivity index is 1.99. The maximum atomic E-state index is 12.3. The summed E-state index contributed by atoms with van der Waals surface area (Å²) in [7, 11) is 0. The molecule has 1 atom stereocenters. The van der Waals surface area contributed by atoms with Gasteiger partial charge in [-0.15, -0.1) is 0 Å². The van der Waals surface area contributed by atoms with Crippen LogP contribution in [0.2, 0.25) is 0 Å². The molecule has 3 nitrogen and oxygen atoms in total. The van der Waals surface area contributed by atoms with Crippen LogP contribution in [0, 0.1) is 0 Å². The zero-order valence-electron chi connectivity index (χ0n) is 14.3. The number of hydrogen-bond donors (Lipinski definition) is 1. The molecule has 0 fully saturated rings. The number of carbonyl (C=O) groups is 1. The number of ether oxygens (including phenoxy) is 1. The van der Waals surface area contributed by atoms with Gasteiger partial charge >= 0.3 is 0 Å². The lowest BCUT2D eigenvalue weighted by Crippen LogP contribution is -2.30. The SMILES string of the molecule is CCc1ccccc1O[C@H](C)C(=O)Nc1ccc(C(C)C)cc1. The van der Waals surface area contributed by atoms with Crippen molar-refractivity contribution in [3.63, 3.8) is 0 Å². The molecule has 2 aromatic rings. The minimum absolute atomic E-state index is 0.145. The fourth-order valence-electron chi connectivity index (χ4n) is 2.35. The Labute approximate surface area is 138 Å². The molecule has 0 aliphatic rings. The summed E-state index contributed by atoms with van der Waals surface area (Å²) in [5.74, 6) is 1.11. The number of carbonyl (C=O) groups excluding carboxylic acids is 1. The van der Waals surface area contributed by atoms with Crippen LogP contribution in [0.3, 0.4) is 0 Å². The third-order valence-corrected chi connectivity index (χ3v) is 3.87. The van der Waals surface area contributed by atoms with Crippen molar-refractivity contribution in [2.45, 2.75) is 46.1 Å². The third kappa shape index (κ3) is 4.59. The fraction of sp³-hybridized carbons (Fsp3) is 0.350. The predicted molar refractivity (Wildman–Crippen MR) is 95.1 cm³/mol. The maximum absolute atomic E-state index is 12.3. The molecule has 3 heteroatoms. The van der Waals surface area contributed by atoms with Gasteiger partial charge in [-0.05, 0) is 48.6 Å². The topological polar surface area (TPSA) is 38.3 Å². The summed E-state index contributed by atoms with van der Waals surface area (Å²) < 4.78 is 5.82. The average molecular weight is 311 g/mol. The van der Waals surface area contributed by atoms with Gasteiger partial charge < -0.3 is 10.1 Å². The molecule has 0 saturated heterocycles. The summed E-state index contributed by atoms with van der Waals surface area (Å²) in [6, 6.07) is 15.8. The number of hydrogen-bond acceptors (Lipinski definition) is 2. The molecular formula is C20H25NO2. The molecule has 1 N–H and O–H groups in total. The van der Waals surface area contributed by atoms with E-state index in [2.05, 4.69) is 26.1 Å². The van der Waals surface area contributed by atoms with E-state index in [1.165, 1.54) is 5.56 Å².